The Bertz CT molecular complexity index is 1110. The molecule has 1 amide bonds. The maximum absolute atomic E-state index is 14.0. The number of carbonyl (C=O) groups is 1. The van der Waals surface area contributed by atoms with Gasteiger partial charge in [-0.2, -0.15) is 0 Å². The molecule has 2 aromatic rings. The third-order valence-corrected chi connectivity index (χ3v) is 7.22. The molecule has 0 spiro atoms. The molecule has 3 aliphatic carbocycles. The number of rotatable bonds is 4. The lowest BCUT2D eigenvalue weighted by Crippen LogP contribution is -2.46. The molecule has 8 heteroatoms. The van der Waals surface area contributed by atoms with Gasteiger partial charge in [0.2, 0.25) is 5.91 Å². The van der Waals surface area contributed by atoms with Crippen molar-refractivity contribution in [2.24, 2.45) is 5.92 Å². The SMILES string of the molecule is O=C(N[C@H]1CC[C@@H](n2c(=O)c3cc(F)cnc3n(C3CCCCC3)c2=O)CC1)C1CC1. The quantitative estimate of drug-likeness (QED) is 0.810. The topological polar surface area (TPSA) is 86.0 Å². The standard InChI is InChI=1S/C23H29FN4O3/c24-15-12-19-20(25-13-15)27(17-4-2-1-3-5-17)23(31)28(22(19)30)18-10-8-16(9-11-18)26-21(29)14-6-7-14/h12-14,16-18H,1-11H2,(H,26,29)/t16-,18+. The van der Waals surface area contributed by atoms with Gasteiger partial charge < -0.3 is 5.32 Å². The lowest BCUT2D eigenvalue weighted by Gasteiger charge is -2.31. The van der Waals surface area contributed by atoms with Gasteiger partial charge in [0.1, 0.15) is 11.5 Å². The number of pyridine rings is 1. The smallest absolute Gasteiger partial charge is 0.333 e. The number of carbonyl (C=O) groups excluding carboxylic acids is 1. The summed E-state index contributed by atoms with van der Waals surface area (Å²) in [5, 5.41) is 3.29. The van der Waals surface area contributed by atoms with Crippen LogP contribution in [0.3, 0.4) is 0 Å². The molecule has 7 nitrogen and oxygen atoms in total. The van der Waals surface area contributed by atoms with Gasteiger partial charge in [-0.1, -0.05) is 19.3 Å². The molecule has 3 fully saturated rings. The van der Waals surface area contributed by atoms with E-state index in [4.69, 9.17) is 0 Å². The van der Waals surface area contributed by atoms with Crippen molar-refractivity contribution in [2.45, 2.75) is 88.8 Å². The summed E-state index contributed by atoms with van der Waals surface area (Å²) in [5.41, 5.74) is -0.483. The van der Waals surface area contributed by atoms with Crippen LogP contribution in [0, 0.1) is 11.7 Å². The number of fused-ring (bicyclic) bond motifs is 1. The Labute approximate surface area is 179 Å². The van der Waals surface area contributed by atoms with Gasteiger partial charge in [0, 0.05) is 24.0 Å². The molecule has 166 valence electrons. The van der Waals surface area contributed by atoms with E-state index in [0.717, 1.165) is 64.0 Å². The van der Waals surface area contributed by atoms with Crippen molar-refractivity contribution in [3.8, 4) is 0 Å². The van der Waals surface area contributed by atoms with E-state index in [1.54, 1.807) is 4.57 Å². The van der Waals surface area contributed by atoms with Crippen LogP contribution in [0.2, 0.25) is 0 Å². The normalized spacial score (nSPS) is 24.9. The number of hydrogen-bond acceptors (Lipinski definition) is 4. The highest BCUT2D eigenvalue weighted by Crippen LogP contribution is 2.32. The highest BCUT2D eigenvalue weighted by atomic mass is 19.1. The number of hydrogen-bond donors (Lipinski definition) is 1. The molecule has 31 heavy (non-hydrogen) atoms. The molecule has 0 unspecified atom stereocenters. The Hall–Kier alpha value is -2.51. The van der Waals surface area contributed by atoms with Crippen LogP contribution in [0.15, 0.2) is 21.9 Å². The number of nitrogens with one attached hydrogen (secondary N) is 1. The Balaban J connectivity index is 1.49. The van der Waals surface area contributed by atoms with Crippen LogP contribution >= 0.6 is 0 Å². The lowest BCUT2D eigenvalue weighted by atomic mass is 9.90. The van der Waals surface area contributed by atoms with E-state index in [9.17, 15) is 18.8 Å². The van der Waals surface area contributed by atoms with Gasteiger partial charge in [-0.15, -0.1) is 0 Å². The summed E-state index contributed by atoms with van der Waals surface area (Å²) in [6.45, 7) is 0. The molecule has 0 aliphatic heterocycles. The average molecular weight is 429 g/mol. The minimum Gasteiger partial charge on any atom is -0.353 e. The first-order valence-corrected chi connectivity index (χ1v) is 11.7. The number of aromatic nitrogens is 3. The van der Waals surface area contributed by atoms with Crippen molar-refractivity contribution < 1.29 is 9.18 Å². The second-order valence-electron chi connectivity index (χ2n) is 9.43. The van der Waals surface area contributed by atoms with Crippen LogP contribution in [0.4, 0.5) is 4.39 Å². The second-order valence-corrected chi connectivity index (χ2v) is 9.43. The van der Waals surface area contributed by atoms with E-state index in [1.807, 2.05) is 0 Å². The van der Waals surface area contributed by atoms with E-state index in [0.29, 0.717) is 18.5 Å². The van der Waals surface area contributed by atoms with Crippen LogP contribution in [0.5, 0.6) is 0 Å². The second kappa shape index (κ2) is 8.20. The van der Waals surface area contributed by atoms with Crippen LogP contribution in [0.1, 0.15) is 82.7 Å². The maximum Gasteiger partial charge on any atom is 0.333 e. The Morgan fingerprint density at radius 2 is 1.61 bits per heavy atom. The van der Waals surface area contributed by atoms with Gasteiger partial charge >= 0.3 is 5.69 Å². The Morgan fingerprint density at radius 3 is 2.29 bits per heavy atom. The van der Waals surface area contributed by atoms with Crippen molar-refractivity contribution in [1.82, 2.24) is 19.4 Å². The molecule has 3 saturated carbocycles. The summed E-state index contributed by atoms with van der Waals surface area (Å²) in [5.74, 6) is -0.269. The van der Waals surface area contributed by atoms with Crippen molar-refractivity contribution in [3.63, 3.8) is 0 Å². The van der Waals surface area contributed by atoms with Gasteiger partial charge in [-0.25, -0.2) is 14.2 Å². The molecule has 0 saturated heterocycles. The highest BCUT2D eigenvalue weighted by Gasteiger charge is 2.33. The van der Waals surface area contributed by atoms with Crippen LogP contribution < -0.4 is 16.6 Å². The van der Waals surface area contributed by atoms with Crippen molar-refractivity contribution in [1.29, 1.82) is 0 Å². The highest BCUT2D eigenvalue weighted by molar-refractivity contribution is 5.81. The fraction of sp³-hybridized carbons (Fsp3) is 0.652. The van der Waals surface area contributed by atoms with Crippen molar-refractivity contribution in [3.05, 3.63) is 38.9 Å². The van der Waals surface area contributed by atoms with E-state index in [1.165, 1.54) is 10.6 Å². The molecule has 0 bridgehead atoms. The fourth-order valence-corrected chi connectivity index (χ4v) is 5.34. The first-order valence-electron chi connectivity index (χ1n) is 11.7. The monoisotopic (exact) mass is 428 g/mol. The average Bonchev–Trinajstić information content (AvgIpc) is 3.62. The van der Waals surface area contributed by atoms with Crippen molar-refractivity contribution >= 4 is 16.9 Å². The zero-order chi connectivity index (χ0) is 21.5. The van der Waals surface area contributed by atoms with Gasteiger partial charge in [-0.05, 0) is 57.4 Å². The molecule has 3 aliphatic rings. The van der Waals surface area contributed by atoms with Gasteiger partial charge in [0.15, 0.2) is 0 Å². The largest absolute Gasteiger partial charge is 0.353 e. The third-order valence-electron chi connectivity index (χ3n) is 7.22. The van der Waals surface area contributed by atoms with Crippen molar-refractivity contribution in [2.75, 3.05) is 0 Å². The zero-order valence-corrected chi connectivity index (χ0v) is 17.7. The summed E-state index contributed by atoms with van der Waals surface area (Å²) in [6, 6.07) is 1.06. The summed E-state index contributed by atoms with van der Waals surface area (Å²) in [4.78, 5) is 43.1. The first-order chi connectivity index (χ1) is 15.0. The number of halogens is 1. The first kappa shape index (κ1) is 20.4. The maximum atomic E-state index is 14.0. The molecular formula is C23H29FN4O3. The van der Waals surface area contributed by atoms with Crippen LogP contribution in [0.25, 0.3) is 11.0 Å². The molecule has 0 atom stereocenters. The van der Waals surface area contributed by atoms with Gasteiger partial charge in [-0.3, -0.25) is 18.7 Å². The predicted molar refractivity (Wildman–Crippen MR) is 115 cm³/mol. The molecule has 2 heterocycles. The molecule has 5 rings (SSSR count). The predicted octanol–water partition coefficient (Wildman–Crippen LogP) is 3.21. The van der Waals surface area contributed by atoms with Crippen LogP contribution in [-0.2, 0) is 4.79 Å². The molecule has 1 N–H and O–H groups in total. The Morgan fingerprint density at radius 1 is 0.935 bits per heavy atom. The van der Waals surface area contributed by atoms with Gasteiger partial charge in [0.25, 0.3) is 5.56 Å². The van der Waals surface area contributed by atoms with E-state index >= 15 is 0 Å². The fourth-order valence-electron chi connectivity index (χ4n) is 5.34. The minimum absolute atomic E-state index is 0.0114. The Kier molecular flexibility index (Phi) is 5.40. The molecule has 0 radical (unpaired) electrons. The summed E-state index contributed by atoms with van der Waals surface area (Å²) < 4.78 is 17.0. The molecular weight excluding hydrogens is 399 g/mol. The number of nitrogens with zero attached hydrogens (tertiary/aromatic N) is 3. The summed E-state index contributed by atoms with van der Waals surface area (Å²) in [7, 11) is 0. The summed E-state index contributed by atoms with van der Waals surface area (Å²) in [6.07, 6.45) is 10.7. The zero-order valence-electron chi connectivity index (χ0n) is 17.7. The minimum atomic E-state index is -0.573. The van der Waals surface area contributed by atoms with Gasteiger partial charge in [0.05, 0.1) is 11.6 Å². The van der Waals surface area contributed by atoms with E-state index in [2.05, 4.69) is 10.3 Å². The lowest BCUT2D eigenvalue weighted by molar-refractivity contribution is -0.123. The summed E-state index contributed by atoms with van der Waals surface area (Å²) >= 11 is 0. The van der Waals surface area contributed by atoms with Crippen LogP contribution in [-0.4, -0.2) is 26.1 Å². The molecule has 2 aromatic heterocycles. The molecule has 0 aromatic carbocycles. The third kappa shape index (κ3) is 3.92. The number of amides is 1. The van der Waals surface area contributed by atoms with E-state index < -0.39 is 11.4 Å². The van der Waals surface area contributed by atoms with E-state index in [-0.39, 0.29) is 41.0 Å².